The molecule has 0 aliphatic carbocycles. The second-order valence-corrected chi connectivity index (χ2v) is 7.79. The summed E-state index contributed by atoms with van der Waals surface area (Å²) < 4.78 is 19.5. The maximum absolute atomic E-state index is 14.4. The van der Waals surface area contributed by atoms with E-state index in [1.54, 1.807) is 16.5 Å². The molecule has 0 spiro atoms. The van der Waals surface area contributed by atoms with Gasteiger partial charge in [0.15, 0.2) is 0 Å². The van der Waals surface area contributed by atoms with Gasteiger partial charge in [0.2, 0.25) is 0 Å². The molecule has 4 rings (SSSR count). The zero-order chi connectivity index (χ0) is 19.5. The number of pyridine rings is 1. The number of hydrogen-bond donors (Lipinski definition) is 1. The molecule has 2 aromatic carbocycles. The van der Waals surface area contributed by atoms with E-state index < -0.39 is 0 Å². The highest BCUT2D eigenvalue weighted by Gasteiger charge is 2.31. The van der Waals surface area contributed by atoms with E-state index >= 15 is 0 Å². The molecule has 28 heavy (non-hydrogen) atoms. The highest BCUT2D eigenvalue weighted by molar-refractivity contribution is 7.96. The number of nitrogens with zero attached hydrogens (tertiary/aromatic N) is 1. The summed E-state index contributed by atoms with van der Waals surface area (Å²) >= 11 is 1.55. The summed E-state index contributed by atoms with van der Waals surface area (Å²) in [6.45, 7) is 0. The smallest absolute Gasteiger partial charge is 0.251 e. The summed E-state index contributed by atoms with van der Waals surface area (Å²) in [5.41, 5.74) is 3.85. The van der Waals surface area contributed by atoms with Crippen molar-refractivity contribution in [2.45, 2.75) is 31.3 Å². The van der Waals surface area contributed by atoms with Crippen LogP contribution in [-0.4, -0.2) is 16.9 Å². The summed E-state index contributed by atoms with van der Waals surface area (Å²) in [5.74, 6) is -0.287. The van der Waals surface area contributed by atoms with E-state index in [4.69, 9.17) is 0 Å². The Morgan fingerprint density at radius 1 is 1.07 bits per heavy atom. The van der Waals surface area contributed by atoms with Crippen LogP contribution in [0.2, 0.25) is 0 Å². The predicted octanol–water partition coefficient (Wildman–Crippen LogP) is 4.62. The molecule has 0 fully saturated rings. The first-order chi connectivity index (χ1) is 13.7. The minimum Gasteiger partial charge on any atom is -0.305 e. The lowest BCUT2D eigenvalue weighted by molar-refractivity contribution is 0.311. The van der Waals surface area contributed by atoms with Crippen LogP contribution in [0.25, 0.3) is 11.1 Å². The van der Waals surface area contributed by atoms with Gasteiger partial charge in [-0.3, -0.25) is 9.52 Å². The van der Waals surface area contributed by atoms with Crippen molar-refractivity contribution < 1.29 is 4.39 Å². The van der Waals surface area contributed by atoms with E-state index in [0.717, 1.165) is 23.1 Å². The van der Waals surface area contributed by atoms with Gasteiger partial charge in [0.05, 0.1) is 11.7 Å². The highest BCUT2D eigenvalue weighted by Crippen LogP contribution is 2.30. The summed E-state index contributed by atoms with van der Waals surface area (Å²) in [5, 5.41) is 0. The normalized spacial score (nSPS) is 18.6. The Morgan fingerprint density at radius 2 is 1.86 bits per heavy atom. The minimum absolute atomic E-state index is 0.113. The van der Waals surface area contributed by atoms with Gasteiger partial charge in [0.1, 0.15) is 5.82 Å². The van der Waals surface area contributed by atoms with Gasteiger partial charge in [-0.25, -0.2) is 4.39 Å². The van der Waals surface area contributed by atoms with Crippen molar-refractivity contribution in [1.29, 1.82) is 0 Å². The van der Waals surface area contributed by atoms with Crippen molar-refractivity contribution in [2.24, 2.45) is 0 Å². The lowest BCUT2D eigenvalue weighted by atomic mass is 9.90. The Hall–Kier alpha value is -2.37. The fraction of sp³-hybridized carbons (Fsp3) is 0.261. The second-order valence-electron chi connectivity index (χ2n) is 7.14. The molecule has 1 aliphatic heterocycles. The van der Waals surface area contributed by atoms with E-state index in [1.165, 1.54) is 12.1 Å². The Kier molecular flexibility index (Phi) is 5.64. The number of rotatable bonds is 5. The van der Waals surface area contributed by atoms with Gasteiger partial charge in [-0.2, -0.15) is 0 Å². The number of benzene rings is 2. The van der Waals surface area contributed by atoms with E-state index in [-0.39, 0.29) is 23.5 Å². The van der Waals surface area contributed by atoms with E-state index in [0.29, 0.717) is 18.5 Å². The zero-order valence-electron chi connectivity index (χ0n) is 15.8. The molecule has 0 amide bonds. The van der Waals surface area contributed by atoms with Crippen LogP contribution in [0.5, 0.6) is 0 Å². The Balaban J connectivity index is 1.72. The average molecular weight is 395 g/mol. The maximum Gasteiger partial charge on any atom is 0.251 e. The van der Waals surface area contributed by atoms with E-state index in [9.17, 15) is 9.18 Å². The third-order valence-electron chi connectivity index (χ3n) is 5.41. The van der Waals surface area contributed by atoms with Crippen LogP contribution in [0.4, 0.5) is 4.39 Å². The molecule has 0 bridgehead atoms. The molecule has 0 saturated carbocycles. The lowest BCUT2D eigenvalue weighted by Gasteiger charge is -2.35. The molecule has 2 unspecified atom stereocenters. The third-order valence-corrected chi connectivity index (χ3v) is 5.95. The molecule has 144 valence electrons. The molecule has 1 aromatic heterocycles. The molecule has 2 atom stereocenters. The number of fused-ring (bicyclic) bond motifs is 1. The van der Waals surface area contributed by atoms with E-state index in [2.05, 4.69) is 35.1 Å². The largest absolute Gasteiger partial charge is 0.305 e. The summed E-state index contributed by atoms with van der Waals surface area (Å²) in [4.78, 5) is 12.6. The van der Waals surface area contributed by atoms with Crippen LogP contribution in [0.3, 0.4) is 0 Å². The van der Waals surface area contributed by atoms with Gasteiger partial charge < -0.3 is 4.57 Å². The molecular formula is C23H23FN2OS. The first-order valence-corrected chi connectivity index (χ1v) is 10.7. The van der Waals surface area contributed by atoms with Crippen molar-refractivity contribution >= 4 is 11.9 Å². The summed E-state index contributed by atoms with van der Waals surface area (Å²) in [7, 11) is 0. The molecule has 2 heterocycles. The first-order valence-electron chi connectivity index (χ1n) is 9.50. The fourth-order valence-corrected chi connectivity index (χ4v) is 4.69. The third kappa shape index (κ3) is 3.77. The molecule has 5 heteroatoms. The predicted molar refractivity (Wildman–Crippen MR) is 114 cm³/mol. The summed E-state index contributed by atoms with van der Waals surface area (Å²) in [6.07, 6.45) is 4.04. The van der Waals surface area contributed by atoms with Crippen molar-refractivity contribution in [1.82, 2.24) is 9.29 Å². The lowest BCUT2D eigenvalue weighted by Crippen LogP contribution is -2.45. The van der Waals surface area contributed by atoms with Crippen molar-refractivity contribution in [2.75, 3.05) is 6.26 Å². The van der Waals surface area contributed by atoms with Gasteiger partial charge in [-0.15, -0.1) is 0 Å². The minimum atomic E-state index is -0.287. The van der Waals surface area contributed by atoms with Gasteiger partial charge in [-0.1, -0.05) is 66.5 Å². The fourth-order valence-electron chi connectivity index (χ4n) is 4.11. The molecule has 0 saturated heterocycles. The van der Waals surface area contributed by atoms with Crippen molar-refractivity contribution in [3.05, 3.63) is 94.2 Å². The first kappa shape index (κ1) is 19.0. The van der Waals surface area contributed by atoms with Crippen LogP contribution < -0.4 is 10.3 Å². The summed E-state index contributed by atoms with van der Waals surface area (Å²) in [6, 6.07) is 21.3. The van der Waals surface area contributed by atoms with Crippen LogP contribution >= 0.6 is 11.9 Å². The Labute approximate surface area is 168 Å². The molecule has 3 nitrogen and oxygen atoms in total. The topological polar surface area (TPSA) is 34.0 Å². The molecule has 1 N–H and O–H groups in total. The van der Waals surface area contributed by atoms with Gasteiger partial charge in [-0.05, 0) is 48.3 Å². The van der Waals surface area contributed by atoms with Crippen LogP contribution in [0, 0.1) is 5.82 Å². The molecule has 0 radical (unpaired) electrons. The Bertz CT molecular complexity index is 1020. The standard InChI is InChI=1S/C23H23FN2OS/c1-28-25-20-11-12-21-19(24)10-13-23(27)26(21)22(20)15-16-6-5-9-18(14-16)17-7-3-2-4-8-17/h2-10,13-14,20,22,25H,11-12,15H2,1H3. The van der Waals surface area contributed by atoms with Gasteiger partial charge in [0, 0.05) is 12.1 Å². The number of aromatic nitrogens is 1. The SMILES string of the molecule is CSNC1CCc2c(F)ccc(=O)n2C1Cc1cccc(-c2ccccc2)c1. The van der Waals surface area contributed by atoms with Crippen LogP contribution in [-0.2, 0) is 12.8 Å². The quantitative estimate of drug-likeness (QED) is 0.641. The molecular weight excluding hydrogens is 371 g/mol. The number of nitrogens with one attached hydrogen (secondary N) is 1. The van der Waals surface area contributed by atoms with Crippen LogP contribution in [0.1, 0.15) is 23.7 Å². The maximum atomic E-state index is 14.4. The number of halogens is 1. The van der Waals surface area contributed by atoms with Gasteiger partial charge in [0.25, 0.3) is 5.56 Å². The van der Waals surface area contributed by atoms with Crippen molar-refractivity contribution in [3.8, 4) is 11.1 Å². The molecule has 3 aromatic rings. The van der Waals surface area contributed by atoms with E-state index in [1.807, 2.05) is 30.5 Å². The Morgan fingerprint density at radius 3 is 2.64 bits per heavy atom. The second kappa shape index (κ2) is 8.33. The highest BCUT2D eigenvalue weighted by atomic mass is 32.2. The zero-order valence-corrected chi connectivity index (χ0v) is 16.6. The van der Waals surface area contributed by atoms with Gasteiger partial charge >= 0.3 is 0 Å². The number of hydrogen-bond acceptors (Lipinski definition) is 3. The average Bonchev–Trinajstić information content (AvgIpc) is 2.73. The van der Waals surface area contributed by atoms with Crippen molar-refractivity contribution in [3.63, 3.8) is 0 Å². The molecule has 1 aliphatic rings. The monoisotopic (exact) mass is 394 g/mol. The van der Waals surface area contributed by atoms with Crippen LogP contribution in [0.15, 0.2) is 71.5 Å².